The number of aromatic nitrogens is 1. The Balaban J connectivity index is 1.28. The zero-order chi connectivity index (χ0) is 20.4. The van der Waals surface area contributed by atoms with Crippen molar-refractivity contribution in [2.45, 2.75) is 64.9 Å². The van der Waals surface area contributed by atoms with E-state index in [0.717, 1.165) is 41.6 Å². The molecular weight excluding hydrogens is 362 g/mol. The standard InChI is InChI=1S/C25H33NO3/c1-23(2)11-17-12-24(17,3)19-8-9-25(28,20(19)13-23)15-29-22(27)10-16-14-26-21-7-5-4-6-18(16)21/h4-7,14,17,19-20,26,28H,8-13,15H2,1-3H3/t17?,19-,20+,24-,25-/m1/s1. The van der Waals surface area contributed by atoms with Gasteiger partial charge in [0.15, 0.2) is 0 Å². The van der Waals surface area contributed by atoms with Gasteiger partial charge in [-0.05, 0) is 72.3 Å². The summed E-state index contributed by atoms with van der Waals surface area (Å²) in [7, 11) is 0. The number of esters is 1. The summed E-state index contributed by atoms with van der Waals surface area (Å²) in [6.07, 6.45) is 7.51. The highest BCUT2D eigenvalue weighted by Crippen LogP contribution is 2.70. The number of benzene rings is 1. The first-order chi connectivity index (χ1) is 13.7. The van der Waals surface area contributed by atoms with Crippen molar-refractivity contribution < 1.29 is 14.6 Å². The van der Waals surface area contributed by atoms with Crippen LogP contribution >= 0.6 is 0 Å². The first kappa shape index (κ1) is 19.2. The lowest BCUT2D eigenvalue weighted by molar-refractivity contribution is -0.154. The van der Waals surface area contributed by atoms with Crippen LogP contribution in [0, 0.1) is 28.6 Å². The summed E-state index contributed by atoms with van der Waals surface area (Å²) in [6, 6.07) is 7.98. The maximum atomic E-state index is 12.6. The Morgan fingerprint density at radius 1 is 1.17 bits per heavy atom. The highest BCUT2D eigenvalue weighted by Gasteiger charge is 2.65. The Bertz CT molecular complexity index is 946. The summed E-state index contributed by atoms with van der Waals surface area (Å²) < 4.78 is 5.69. The van der Waals surface area contributed by atoms with E-state index in [1.54, 1.807) is 0 Å². The molecule has 5 atom stereocenters. The third-order valence-corrected chi connectivity index (χ3v) is 8.43. The fraction of sp³-hybridized carbons (Fsp3) is 0.640. The quantitative estimate of drug-likeness (QED) is 0.727. The number of hydrogen-bond donors (Lipinski definition) is 2. The predicted molar refractivity (Wildman–Crippen MR) is 113 cm³/mol. The van der Waals surface area contributed by atoms with Crippen molar-refractivity contribution in [3.63, 3.8) is 0 Å². The smallest absolute Gasteiger partial charge is 0.310 e. The van der Waals surface area contributed by atoms with Crippen LogP contribution in [0.4, 0.5) is 0 Å². The van der Waals surface area contributed by atoms with Crippen molar-refractivity contribution in [2.75, 3.05) is 6.61 Å². The normalized spacial score (nSPS) is 37.6. The minimum absolute atomic E-state index is 0.131. The van der Waals surface area contributed by atoms with Crippen LogP contribution in [0.3, 0.4) is 0 Å². The van der Waals surface area contributed by atoms with Gasteiger partial charge in [-0.2, -0.15) is 0 Å². The molecule has 5 rings (SSSR count). The number of rotatable bonds is 4. The molecule has 3 saturated carbocycles. The van der Waals surface area contributed by atoms with E-state index in [1.165, 1.54) is 12.8 Å². The average molecular weight is 396 g/mol. The number of ether oxygens (including phenoxy) is 1. The second-order valence-electron chi connectivity index (χ2n) is 11.0. The molecule has 29 heavy (non-hydrogen) atoms. The molecule has 0 radical (unpaired) electrons. The lowest BCUT2D eigenvalue weighted by atomic mass is 9.72. The minimum atomic E-state index is -0.877. The summed E-state index contributed by atoms with van der Waals surface area (Å²) in [4.78, 5) is 15.8. The van der Waals surface area contributed by atoms with Gasteiger partial charge >= 0.3 is 5.97 Å². The molecule has 1 aromatic carbocycles. The van der Waals surface area contributed by atoms with Gasteiger partial charge in [0, 0.05) is 17.1 Å². The highest BCUT2D eigenvalue weighted by molar-refractivity contribution is 5.87. The van der Waals surface area contributed by atoms with Crippen molar-refractivity contribution in [3.05, 3.63) is 36.0 Å². The molecule has 3 aliphatic rings. The largest absolute Gasteiger partial charge is 0.462 e. The number of aliphatic hydroxyl groups is 1. The minimum Gasteiger partial charge on any atom is -0.462 e. The van der Waals surface area contributed by atoms with Crippen molar-refractivity contribution in [1.29, 1.82) is 0 Å². The molecule has 1 aromatic heterocycles. The van der Waals surface area contributed by atoms with Crippen LogP contribution in [-0.4, -0.2) is 28.3 Å². The molecule has 4 heteroatoms. The SMILES string of the molecule is CC1(C)CC2C[C@@]2(C)[C@@H]2CC[C@@](O)(COC(=O)Cc3c[nH]c4ccccc34)[C@H]2C1. The van der Waals surface area contributed by atoms with Crippen LogP contribution in [0.25, 0.3) is 10.9 Å². The molecule has 4 nitrogen and oxygen atoms in total. The number of hydrogen-bond acceptors (Lipinski definition) is 3. The maximum Gasteiger partial charge on any atom is 0.310 e. The van der Waals surface area contributed by atoms with Crippen LogP contribution in [0.15, 0.2) is 30.5 Å². The third-order valence-electron chi connectivity index (χ3n) is 8.43. The second-order valence-corrected chi connectivity index (χ2v) is 11.0. The van der Waals surface area contributed by atoms with Crippen molar-refractivity contribution in [1.82, 2.24) is 4.98 Å². The van der Waals surface area contributed by atoms with Crippen LogP contribution < -0.4 is 0 Å². The van der Waals surface area contributed by atoms with Gasteiger partial charge in [0.1, 0.15) is 12.2 Å². The summed E-state index contributed by atoms with van der Waals surface area (Å²) >= 11 is 0. The molecule has 2 aromatic rings. The zero-order valence-electron chi connectivity index (χ0n) is 17.8. The molecule has 3 fully saturated rings. The maximum absolute atomic E-state index is 12.6. The number of nitrogens with one attached hydrogen (secondary N) is 1. The van der Waals surface area contributed by atoms with Crippen LogP contribution in [0.5, 0.6) is 0 Å². The molecule has 1 heterocycles. The molecule has 2 N–H and O–H groups in total. The fourth-order valence-electron chi connectivity index (χ4n) is 6.73. The number of H-pyrrole nitrogens is 1. The number of fused-ring (bicyclic) bond motifs is 4. The molecule has 3 aliphatic carbocycles. The number of carbonyl (C=O) groups excluding carboxylic acids is 1. The predicted octanol–water partition coefficient (Wildman–Crippen LogP) is 4.86. The van der Waals surface area contributed by atoms with E-state index in [0.29, 0.717) is 11.3 Å². The topological polar surface area (TPSA) is 62.3 Å². The van der Waals surface area contributed by atoms with Gasteiger partial charge in [0.2, 0.25) is 0 Å². The first-order valence-electron chi connectivity index (χ1n) is 11.1. The molecular formula is C25H33NO3. The van der Waals surface area contributed by atoms with Gasteiger partial charge in [-0.1, -0.05) is 39.0 Å². The summed E-state index contributed by atoms with van der Waals surface area (Å²) in [5, 5.41) is 12.6. The molecule has 156 valence electrons. The first-order valence-corrected chi connectivity index (χ1v) is 11.1. The Hall–Kier alpha value is -1.81. The molecule has 0 bridgehead atoms. The Morgan fingerprint density at radius 3 is 2.79 bits per heavy atom. The van der Waals surface area contributed by atoms with Crippen molar-refractivity contribution in [2.24, 2.45) is 28.6 Å². The van der Waals surface area contributed by atoms with Gasteiger partial charge in [0.25, 0.3) is 0 Å². The fourth-order valence-corrected chi connectivity index (χ4v) is 6.73. The molecule has 1 unspecified atom stereocenters. The summed E-state index contributed by atoms with van der Waals surface area (Å²) in [5.74, 6) is 1.34. The van der Waals surface area contributed by atoms with Gasteiger partial charge < -0.3 is 14.8 Å². The zero-order valence-corrected chi connectivity index (χ0v) is 17.8. The third kappa shape index (κ3) is 3.20. The monoisotopic (exact) mass is 395 g/mol. The van der Waals surface area contributed by atoms with E-state index in [4.69, 9.17) is 4.74 Å². The lowest BCUT2D eigenvalue weighted by Gasteiger charge is -2.37. The van der Waals surface area contributed by atoms with E-state index in [-0.39, 0.29) is 30.3 Å². The number of carbonyl (C=O) groups is 1. The second kappa shape index (κ2) is 6.34. The Morgan fingerprint density at radius 2 is 1.97 bits per heavy atom. The van der Waals surface area contributed by atoms with Gasteiger partial charge in [-0.25, -0.2) is 0 Å². The van der Waals surface area contributed by atoms with Crippen LogP contribution in [-0.2, 0) is 16.0 Å². The van der Waals surface area contributed by atoms with Crippen molar-refractivity contribution >= 4 is 16.9 Å². The Kier molecular flexibility index (Phi) is 4.19. The van der Waals surface area contributed by atoms with Crippen LogP contribution in [0.1, 0.15) is 58.4 Å². The number of aromatic amines is 1. The van der Waals surface area contributed by atoms with E-state index in [9.17, 15) is 9.90 Å². The van der Waals surface area contributed by atoms with Gasteiger partial charge in [-0.15, -0.1) is 0 Å². The Labute approximate surface area is 173 Å². The van der Waals surface area contributed by atoms with E-state index in [2.05, 4.69) is 25.8 Å². The summed E-state index contributed by atoms with van der Waals surface area (Å²) in [5.41, 5.74) is 1.73. The highest BCUT2D eigenvalue weighted by atomic mass is 16.5. The molecule has 0 spiro atoms. The lowest BCUT2D eigenvalue weighted by Crippen LogP contribution is -2.43. The number of para-hydroxylation sites is 1. The average Bonchev–Trinajstić information content (AvgIpc) is 2.99. The van der Waals surface area contributed by atoms with Gasteiger partial charge in [0.05, 0.1) is 6.42 Å². The van der Waals surface area contributed by atoms with Crippen LogP contribution in [0.2, 0.25) is 0 Å². The summed E-state index contributed by atoms with van der Waals surface area (Å²) in [6.45, 7) is 7.24. The molecule has 0 saturated heterocycles. The van der Waals surface area contributed by atoms with E-state index >= 15 is 0 Å². The van der Waals surface area contributed by atoms with Gasteiger partial charge in [-0.3, -0.25) is 4.79 Å². The molecule has 0 aliphatic heterocycles. The van der Waals surface area contributed by atoms with E-state index in [1.807, 2.05) is 30.5 Å². The molecule has 0 amide bonds. The van der Waals surface area contributed by atoms with Crippen molar-refractivity contribution in [3.8, 4) is 0 Å². The van der Waals surface area contributed by atoms with E-state index < -0.39 is 5.60 Å².